The summed E-state index contributed by atoms with van der Waals surface area (Å²) in [6, 6.07) is 12.4. The van der Waals surface area contributed by atoms with Crippen molar-refractivity contribution in [2.24, 2.45) is 5.92 Å². The van der Waals surface area contributed by atoms with E-state index in [9.17, 15) is 14.0 Å². The summed E-state index contributed by atoms with van der Waals surface area (Å²) in [5.74, 6) is 0.378. The van der Waals surface area contributed by atoms with Gasteiger partial charge in [0.2, 0.25) is 22.9 Å². The Bertz CT molecular complexity index is 1130. The Hall–Kier alpha value is -3.40. The number of nitrogens with zero attached hydrogens (tertiary/aromatic N) is 3. The summed E-state index contributed by atoms with van der Waals surface area (Å²) in [7, 11) is 0. The average molecular weight is 455 g/mol. The van der Waals surface area contributed by atoms with Crippen LogP contribution in [0.1, 0.15) is 18.9 Å². The van der Waals surface area contributed by atoms with Crippen LogP contribution in [0.4, 0.5) is 16.0 Å². The molecule has 4 N–H and O–H groups in total. The minimum atomic E-state index is -0.390. The van der Waals surface area contributed by atoms with E-state index in [1.165, 1.54) is 24.8 Å². The lowest BCUT2D eigenvalue weighted by Crippen LogP contribution is -2.29. The molecule has 166 valence electrons. The number of carbonyl (C=O) groups excluding carboxylic acids is 2. The van der Waals surface area contributed by atoms with Gasteiger partial charge in [0.1, 0.15) is 5.82 Å². The summed E-state index contributed by atoms with van der Waals surface area (Å²) in [6.07, 6.45) is 0.337. The lowest BCUT2D eigenvalue weighted by atomic mass is 10.0. The standard InChI is InChI=1S/C22H23FN6O2S/c1-13(30)25-10-15-8-20(31)29(11-15)17-6-7-18(19(23)9-17)16-4-2-14(3-5-16)12-32-22-26-21(24)27-28-22/h2-7,9,15H,8,10-12H2,1H3,(H,25,30)(H3,24,26,27,28)/t15-/m0/s1. The number of H-pyrrole nitrogens is 1. The van der Waals surface area contributed by atoms with Gasteiger partial charge in [-0.25, -0.2) is 9.49 Å². The third-order valence-electron chi connectivity index (χ3n) is 5.22. The number of nitrogen functional groups attached to an aromatic ring is 1. The summed E-state index contributed by atoms with van der Waals surface area (Å²) in [6.45, 7) is 2.34. The molecule has 0 unspecified atom stereocenters. The predicted octanol–water partition coefficient (Wildman–Crippen LogP) is 2.97. The molecule has 1 aliphatic rings. The summed E-state index contributed by atoms with van der Waals surface area (Å²) in [5, 5.41) is 9.89. The number of rotatable bonds is 7. The topological polar surface area (TPSA) is 117 Å². The van der Waals surface area contributed by atoms with E-state index in [-0.39, 0.29) is 29.5 Å². The first-order chi connectivity index (χ1) is 15.4. The van der Waals surface area contributed by atoms with Crippen molar-refractivity contribution in [2.75, 3.05) is 23.7 Å². The summed E-state index contributed by atoms with van der Waals surface area (Å²) >= 11 is 1.45. The zero-order chi connectivity index (χ0) is 22.7. The van der Waals surface area contributed by atoms with Crippen LogP contribution in [0.5, 0.6) is 0 Å². The van der Waals surface area contributed by atoms with E-state index < -0.39 is 0 Å². The van der Waals surface area contributed by atoms with Gasteiger partial charge in [0, 0.05) is 49.4 Å². The van der Waals surface area contributed by atoms with Gasteiger partial charge >= 0.3 is 0 Å². The van der Waals surface area contributed by atoms with Gasteiger partial charge in [-0.05, 0) is 29.3 Å². The fourth-order valence-corrected chi connectivity index (χ4v) is 4.37. The lowest BCUT2D eigenvalue weighted by molar-refractivity contribution is -0.120. The van der Waals surface area contributed by atoms with Crippen LogP contribution in [-0.4, -0.2) is 40.1 Å². The molecule has 0 radical (unpaired) electrons. The van der Waals surface area contributed by atoms with Crippen LogP contribution in [0.15, 0.2) is 47.6 Å². The second-order valence-electron chi connectivity index (χ2n) is 7.66. The fraction of sp³-hybridized carbons (Fsp3) is 0.273. The second-order valence-corrected chi connectivity index (χ2v) is 8.61. The first-order valence-corrected chi connectivity index (χ1v) is 11.1. The number of anilines is 2. The highest BCUT2D eigenvalue weighted by molar-refractivity contribution is 7.98. The summed E-state index contributed by atoms with van der Waals surface area (Å²) in [4.78, 5) is 29.1. The molecule has 1 saturated heterocycles. The zero-order valence-electron chi connectivity index (χ0n) is 17.5. The van der Waals surface area contributed by atoms with Crippen molar-refractivity contribution in [3.05, 3.63) is 53.8 Å². The molecule has 1 aliphatic heterocycles. The third-order valence-corrected chi connectivity index (χ3v) is 6.14. The van der Waals surface area contributed by atoms with Crippen LogP contribution in [0.25, 0.3) is 11.1 Å². The van der Waals surface area contributed by atoms with Gasteiger partial charge in [-0.3, -0.25) is 9.59 Å². The molecular weight excluding hydrogens is 431 g/mol. The van der Waals surface area contributed by atoms with Crippen molar-refractivity contribution in [3.8, 4) is 11.1 Å². The molecule has 0 spiro atoms. The normalized spacial score (nSPS) is 15.9. The molecule has 0 bridgehead atoms. The molecule has 1 fully saturated rings. The smallest absolute Gasteiger partial charge is 0.227 e. The Kier molecular flexibility index (Phi) is 6.40. The Morgan fingerprint density at radius 1 is 1.31 bits per heavy atom. The molecular formula is C22H23FN6O2S. The van der Waals surface area contributed by atoms with Crippen molar-refractivity contribution in [2.45, 2.75) is 24.3 Å². The van der Waals surface area contributed by atoms with Crippen LogP contribution >= 0.6 is 11.8 Å². The van der Waals surface area contributed by atoms with Gasteiger partial charge < -0.3 is 16.0 Å². The minimum Gasteiger partial charge on any atom is -0.368 e. The van der Waals surface area contributed by atoms with E-state index in [1.807, 2.05) is 24.3 Å². The average Bonchev–Trinajstić information content (AvgIpc) is 3.36. The van der Waals surface area contributed by atoms with Gasteiger partial charge in [0.15, 0.2) is 0 Å². The summed E-state index contributed by atoms with van der Waals surface area (Å²) < 4.78 is 14.9. The molecule has 2 aromatic carbocycles. The number of thioether (sulfide) groups is 1. The number of hydrogen-bond donors (Lipinski definition) is 3. The highest BCUT2D eigenvalue weighted by Gasteiger charge is 2.31. The van der Waals surface area contributed by atoms with Gasteiger partial charge in [-0.15, -0.1) is 5.10 Å². The van der Waals surface area contributed by atoms with Crippen molar-refractivity contribution < 1.29 is 14.0 Å². The number of hydrogen-bond acceptors (Lipinski definition) is 6. The molecule has 2 amide bonds. The number of aromatic amines is 1. The monoisotopic (exact) mass is 454 g/mol. The Morgan fingerprint density at radius 3 is 2.75 bits per heavy atom. The maximum Gasteiger partial charge on any atom is 0.227 e. The Morgan fingerprint density at radius 2 is 2.09 bits per heavy atom. The molecule has 4 rings (SSSR count). The molecule has 10 heteroatoms. The van der Waals surface area contributed by atoms with Crippen LogP contribution in [0.2, 0.25) is 0 Å². The van der Waals surface area contributed by atoms with Crippen LogP contribution in [0.3, 0.4) is 0 Å². The highest BCUT2D eigenvalue weighted by Crippen LogP contribution is 2.31. The fourth-order valence-electron chi connectivity index (χ4n) is 3.61. The predicted molar refractivity (Wildman–Crippen MR) is 121 cm³/mol. The van der Waals surface area contributed by atoms with E-state index in [2.05, 4.69) is 20.5 Å². The molecule has 3 aromatic rings. The zero-order valence-corrected chi connectivity index (χ0v) is 18.3. The van der Waals surface area contributed by atoms with Gasteiger partial charge in [0.05, 0.1) is 0 Å². The quantitative estimate of drug-likeness (QED) is 0.473. The number of nitrogens with one attached hydrogen (secondary N) is 2. The van der Waals surface area contributed by atoms with Gasteiger partial charge in [0.25, 0.3) is 0 Å². The molecule has 2 heterocycles. The molecule has 0 saturated carbocycles. The van der Waals surface area contributed by atoms with Crippen LogP contribution in [0, 0.1) is 11.7 Å². The number of halogens is 1. The molecule has 1 atom stereocenters. The highest BCUT2D eigenvalue weighted by atomic mass is 32.2. The molecule has 8 nitrogen and oxygen atoms in total. The minimum absolute atomic E-state index is 0.0210. The van der Waals surface area contributed by atoms with E-state index in [1.54, 1.807) is 17.0 Å². The Labute approximate surface area is 188 Å². The SMILES string of the molecule is CC(=O)NC[C@@H]1CC(=O)N(c2ccc(-c3ccc(CSc4n[nH]c(N)n4)cc3)c(F)c2)C1. The number of carbonyl (C=O) groups is 2. The van der Waals surface area contributed by atoms with Crippen molar-refractivity contribution in [1.82, 2.24) is 20.5 Å². The summed E-state index contributed by atoms with van der Waals surface area (Å²) in [5.41, 5.74) is 8.32. The van der Waals surface area contributed by atoms with Crippen molar-refractivity contribution in [1.29, 1.82) is 0 Å². The lowest BCUT2D eigenvalue weighted by Gasteiger charge is -2.18. The number of aromatic nitrogens is 3. The van der Waals surface area contributed by atoms with E-state index in [4.69, 9.17) is 5.73 Å². The van der Waals surface area contributed by atoms with Gasteiger partial charge in [-0.2, -0.15) is 4.98 Å². The van der Waals surface area contributed by atoms with Crippen molar-refractivity contribution >= 4 is 35.2 Å². The molecule has 1 aromatic heterocycles. The molecule has 0 aliphatic carbocycles. The molecule has 32 heavy (non-hydrogen) atoms. The number of nitrogens with two attached hydrogens (primary N) is 1. The maximum atomic E-state index is 14.9. The van der Waals surface area contributed by atoms with E-state index in [0.29, 0.717) is 41.7 Å². The third kappa shape index (κ3) is 5.08. The first kappa shape index (κ1) is 21.8. The van der Waals surface area contributed by atoms with E-state index >= 15 is 0 Å². The number of benzene rings is 2. The largest absolute Gasteiger partial charge is 0.368 e. The maximum absolute atomic E-state index is 14.9. The Balaban J connectivity index is 1.41. The van der Waals surface area contributed by atoms with Crippen LogP contribution in [-0.2, 0) is 15.3 Å². The van der Waals surface area contributed by atoms with Crippen molar-refractivity contribution in [3.63, 3.8) is 0 Å². The second kappa shape index (κ2) is 9.39. The number of amides is 2. The van der Waals surface area contributed by atoms with Gasteiger partial charge in [-0.1, -0.05) is 36.0 Å². The van der Waals surface area contributed by atoms with Crippen LogP contribution < -0.4 is 16.0 Å². The first-order valence-electron chi connectivity index (χ1n) is 10.1. The van der Waals surface area contributed by atoms with E-state index in [0.717, 1.165) is 11.1 Å².